The number of nitrogens with zero attached hydrogens (tertiary/aromatic N) is 6. The fraction of sp³-hybridized carbons (Fsp3) is 0.341. The number of benzene rings is 3. The Morgan fingerprint density at radius 3 is 2.27 bits per heavy atom. The van der Waals surface area contributed by atoms with Crippen molar-refractivity contribution in [2.24, 2.45) is 4.99 Å². The summed E-state index contributed by atoms with van der Waals surface area (Å²) in [5.41, 5.74) is 1.58. The normalized spacial score (nSPS) is 17.3. The van der Waals surface area contributed by atoms with Crippen molar-refractivity contribution in [2.45, 2.75) is 43.8 Å². The Kier molecular flexibility index (Phi) is 13.1. The van der Waals surface area contributed by atoms with E-state index in [1.165, 1.54) is 0 Å². The molecule has 1 aliphatic heterocycles. The summed E-state index contributed by atoms with van der Waals surface area (Å²) in [6.07, 6.45) is 0.144. The number of hydrogen-bond acceptors (Lipinski definition) is 11. The number of ether oxygens (including phenoxy) is 4. The molecule has 15 heteroatoms. The summed E-state index contributed by atoms with van der Waals surface area (Å²) in [5.74, 6) is 7.30. The summed E-state index contributed by atoms with van der Waals surface area (Å²) in [4.78, 5) is 26.9. The maximum Gasteiger partial charge on any atom is 0.264 e. The van der Waals surface area contributed by atoms with E-state index in [2.05, 4.69) is 32.9 Å². The minimum atomic E-state index is -1.42. The number of methoxy groups -OCH3 is 2. The van der Waals surface area contributed by atoms with Gasteiger partial charge in [0.25, 0.3) is 5.56 Å². The Morgan fingerprint density at radius 2 is 1.68 bits per heavy atom. The van der Waals surface area contributed by atoms with E-state index in [4.69, 9.17) is 38.4 Å². The summed E-state index contributed by atoms with van der Waals surface area (Å²) in [7, 11) is 5.47. The van der Waals surface area contributed by atoms with Gasteiger partial charge in [-0.15, -0.1) is 0 Å². The SMILES string of the molecule is CC#Cc1nn([C@H]2CC(OP(C)OCCC#N)[C@@H](COC(c3ccccc3)(c3ccc(OC)cc3)c3ccc(OC)cc3)O2)c2nc(/N=C/N(C)C)[nH]c(=O)c12. The maximum absolute atomic E-state index is 13.4. The van der Waals surface area contributed by atoms with Crippen molar-refractivity contribution in [3.8, 4) is 29.4 Å². The van der Waals surface area contributed by atoms with Crippen LogP contribution in [0.5, 0.6) is 11.5 Å². The minimum Gasteiger partial charge on any atom is -0.497 e. The van der Waals surface area contributed by atoms with Gasteiger partial charge in [-0.05, 0) is 53.8 Å². The monoisotopic (exact) mass is 777 g/mol. The maximum atomic E-state index is 13.4. The molecule has 5 aromatic rings. The summed E-state index contributed by atoms with van der Waals surface area (Å²) >= 11 is 0. The molecule has 2 aromatic heterocycles. The average Bonchev–Trinajstić information content (AvgIpc) is 3.79. The van der Waals surface area contributed by atoms with Crippen LogP contribution in [0.2, 0.25) is 0 Å². The second kappa shape index (κ2) is 18.4. The Morgan fingerprint density at radius 1 is 1.04 bits per heavy atom. The zero-order chi connectivity index (χ0) is 39.7. The Balaban J connectivity index is 1.43. The molecule has 1 aliphatic rings. The highest BCUT2D eigenvalue weighted by Gasteiger charge is 2.44. The molecule has 0 saturated carbocycles. The predicted octanol–water partition coefficient (Wildman–Crippen LogP) is 6.28. The van der Waals surface area contributed by atoms with Crippen molar-refractivity contribution in [2.75, 3.05) is 48.2 Å². The zero-order valence-electron chi connectivity index (χ0n) is 32.1. The van der Waals surface area contributed by atoms with Gasteiger partial charge in [-0.2, -0.15) is 15.3 Å². The van der Waals surface area contributed by atoms with Crippen LogP contribution in [0.1, 0.15) is 48.4 Å². The summed E-state index contributed by atoms with van der Waals surface area (Å²) in [6, 6.07) is 27.6. The molecule has 0 aliphatic carbocycles. The lowest BCUT2D eigenvalue weighted by atomic mass is 9.80. The van der Waals surface area contributed by atoms with E-state index < -0.39 is 38.0 Å². The molecule has 1 fully saturated rings. The fourth-order valence-corrected chi connectivity index (χ4v) is 7.52. The Labute approximate surface area is 326 Å². The largest absolute Gasteiger partial charge is 0.497 e. The van der Waals surface area contributed by atoms with Crippen LogP contribution in [0.3, 0.4) is 0 Å². The molecule has 3 heterocycles. The number of aromatic amines is 1. The molecule has 0 amide bonds. The van der Waals surface area contributed by atoms with Crippen LogP contribution < -0.4 is 15.0 Å². The molecule has 2 unspecified atom stereocenters. The zero-order valence-corrected chi connectivity index (χ0v) is 33.0. The molecule has 1 N–H and O–H groups in total. The van der Waals surface area contributed by atoms with Crippen molar-refractivity contribution in [1.82, 2.24) is 24.6 Å². The molecule has 0 spiro atoms. The van der Waals surface area contributed by atoms with Crippen molar-refractivity contribution < 1.29 is 28.0 Å². The van der Waals surface area contributed by atoms with Crippen LogP contribution in [0.15, 0.2) is 88.6 Å². The number of nitriles is 1. The molecule has 290 valence electrons. The lowest BCUT2D eigenvalue weighted by molar-refractivity contribution is -0.0922. The lowest BCUT2D eigenvalue weighted by Crippen LogP contribution is -2.38. The lowest BCUT2D eigenvalue weighted by Gasteiger charge is -2.37. The highest BCUT2D eigenvalue weighted by Crippen LogP contribution is 2.45. The third-order valence-corrected chi connectivity index (χ3v) is 10.2. The number of aliphatic imine (C=N–C) groups is 1. The van der Waals surface area contributed by atoms with Gasteiger partial charge in [0.15, 0.2) is 25.9 Å². The van der Waals surface area contributed by atoms with Gasteiger partial charge in [0.2, 0.25) is 5.95 Å². The van der Waals surface area contributed by atoms with Crippen molar-refractivity contribution in [3.63, 3.8) is 0 Å². The summed E-state index contributed by atoms with van der Waals surface area (Å²) in [5, 5.41) is 14.1. The van der Waals surface area contributed by atoms with Gasteiger partial charge >= 0.3 is 0 Å². The van der Waals surface area contributed by atoms with Crippen LogP contribution in [-0.2, 0) is 24.1 Å². The number of hydrogen-bond donors (Lipinski definition) is 1. The summed E-state index contributed by atoms with van der Waals surface area (Å²) in [6.45, 7) is 3.80. The van der Waals surface area contributed by atoms with Gasteiger partial charge < -0.3 is 32.9 Å². The van der Waals surface area contributed by atoms with Crippen molar-refractivity contribution in [3.05, 3.63) is 112 Å². The van der Waals surface area contributed by atoms with Gasteiger partial charge in [0.05, 0.1) is 52.4 Å². The van der Waals surface area contributed by atoms with E-state index >= 15 is 0 Å². The Hall–Kier alpha value is -5.60. The van der Waals surface area contributed by atoms with Crippen LogP contribution in [0.25, 0.3) is 11.0 Å². The second-order valence-electron chi connectivity index (χ2n) is 13.0. The first kappa shape index (κ1) is 40.1. The van der Waals surface area contributed by atoms with Crippen LogP contribution >= 0.6 is 8.38 Å². The van der Waals surface area contributed by atoms with Crippen LogP contribution in [0, 0.1) is 23.2 Å². The molecular weight excluding hydrogens is 733 g/mol. The van der Waals surface area contributed by atoms with Gasteiger partial charge in [0, 0.05) is 27.2 Å². The van der Waals surface area contributed by atoms with Crippen molar-refractivity contribution >= 4 is 31.7 Å². The van der Waals surface area contributed by atoms with Crippen LogP contribution in [-0.4, -0.2) is 91.4 Å². The number of rotatable bonds is 16. The third kappa shape index (κ3) is 8.76. The van der Waals surface area contributed by atoms with E-state index in [0.717, 1.165) is 16.7 Å². The van der Waals surface area contributed by atoms with Gasteiger partial charge in [0.1, 0.15) is 28.6 Å². The molecule has 6 rings (SSSR count). The van der Waals surface area contributed by atoms with E-state index in [-0.39, 0.29) is 42.3 Å². The van der Waals surface area contributed by atoms with Gasteiger partial charge in [-0.25, -0.2) is 9.67 Å². The highest BCUT2D eigenvalue weighted by atomic mass is 31.2. The minimum absolute atomic E-state index is 0.0582. The van der Waals surface area contributed by atoms with Crippen LogP contribution in [0.4, 0.5) is 5.95 Å². The first-order valence-corrected chi connectivity index (χ1v) is 19.5. The van der Waals surface area contributed by atoms with E-state index in [1.807, 2.05) is 99.6 Å². The van der Waals surface area contributed by atoms with E-state index in [0.29, 0.717) is 17.9 Å². The second-order valence-corrected chi connectivity index (χ2v) is 14.3. The quantitative estimate of drug-likeness (QED) is 0.0300. The molecule has 4 atom stereocenters. The Bertz CT molecular complexity index is 2230. The smallest absolute Gasteiger partial charge is 0.264 e. The van der Waals surface area contributed by atoms with Gasteiger partial charge in [-0.1, -0.05) is 60.5 Å². The number of H-pyrrole nitrogens is 1. The van der Waals surface area contributed by atoms with E-state index in [1.54, 1.807) is 37.1 Å². The third-order valence-electron chi connectivity index (χ3n) is 9.07. The number of fused-ring (bicyclic) bond motifs is 1. The average molecular weight is 778 g/mol. The van der Waals surface area contributed by atoms with E-state index in [9.17, 15) is 4.79 Å². The molecule has 0 radical (unpaired) electrons. The van der Waals surface area contributed by atoms with Gasteiger partial charge in [-0.3, -0.25) is 9.78 Å². The molecule has 0 bridgehead atoms. The topological polar surface area (TPSA) is 158 Å². The molecule has 14 nitrogen and oxygen atoms in total. The predicted molar refractivity (Wildman–Crippen MR) is 213 cm³/mol. The number of aromatic nitrogens is 4. The molecular formula is C41H44N7O7P. The fourth-order valence-electron chi connectivity index (χ4n) is 6.50. The number of nitrogens with one attached hydrogen (secondary N) is 1. The molecule has 3 aromatic carbocycles. The molecule has 1 saturated heterocycles. The highest BCUT2D eigenvalue weighted by molar-refractivity contribution is 7.46. The first-order valence-electron chi connectivity index (χ1n) is 17.9. The standard InChI is InChI=1S/C41H44N7O7P/c1-7-12-33-37-38(44-40(45-39(37)49)43-27-47(2)3)48(46-33)36-25-34(55-56(6)53-24-11-23-42)35(54-36)26-52-41(28-13-9-8-10-14-28,29-15-19-31(50-4)20-16-29)30-17-21-32(51-5)22-18-30/h8-10,13-22,27,34-36H,11,24-26H2,1-6H3,(H,44,45,49)/b43-27+/t34?,35-,36-,56?/m1/s1. The molecule has 56 heavy (non-hydrogen) atoms. The van der Waals surface area contributed by atoms with Crippen molar-refractivity contribution in [1.29, 1.82) is 5.26 Å². The first-order chi connectivity index (χ1) is 27.2. The summed E-state index contributed by atoms with van der Waals surface area (Å²) < 4.78 is 39.1.